The van der Waals surface area contributed by atoms with Gasteiger partial charge < -0.3 is 24.7 Å². The van der Waals surface area contributed by atoms with E-state index in [0.29, 0.717) is 19.3 Å². The molecule has 0 aromatic carbocycles. The third-order valence-electron chi connectivity index (χ3n) is 6.44. The maximum atomic E-state index is 12.4. The van der Waals surface area contributed by atoms with Gasteiger partial charge in [0.1, 0.15) is 19.8 Å². The lowest BCUT2D eigenvalue weighted by atomic mass is 10.1. The fourth-order valence-electron chi connectivity index (χ4n) is 3.97. The molecule has 0 spiro atoms. The summed E-state index contributed by atoms with van der Waals surface area (Å²) in [6, 6.07) is 0. The number of hydrogen-bond acceptors (Lipinski definition) is 9. The van der Waals surface area contributed by atoms with Crippen LogP contribution in [0.15, 0.2) is 0 Å². The van der Waals surface area contributed by atoms with Crippen LogP contribution in [0, 0.1) is 0 Å². The highest BCUT2D eigenvalue weighted by molar-refractivity contribution is 5.73. The largest absolute Gasteiger partial charge is 0.461 e. The summed E-state index contributed by atoms with van der Waals surface area (Å²) < 4.78 is 21.8. The Bertz CT molecular complexity index is 593. The number of ether oxygens (including phenoxy) is 4. The molecule has 9 nitrogen and oxygen atoms in total. The Balaban J connectivity index is 5.21. The lowest BCUT2D eigenvalue weighted by Crippen LogP contribution is -2.50. The van der Waals surface area contributed by atoms with E-state index < -0.39 is 55.8 Å². The first-order valence-electron chi connectivity index (χ1n) is 15.2. The van der Waals surface area contributed by atoms with Gasteiger partial charge in [-0.25, -0.2) is 0 Å². The van der Waals surface area contributed by atoms with E-state index in [1.54, 1.807) is 0 Å². The van der Waals surface area contributed by atoms with Crippen molar-refractivity contribution in [1.29, 1.82) is 0 Å². The van der Waals surface area contributed by atoms with Gasteiger partial charge in [0, 0.05) is 19.3 Å². The zero-order valence-corrected chi connectivity index (χ0v) is 24.9. The van der Waals surface area contributed by atoms with Crippen molar-refractivity contribution in [2.75, 3.05) is 26.4 Å². The van der Waals surface area contributed by atoms with Crippen LogP contribution in [-0.2, 0) is 38.1 Å². The van der Waals surface area contributed by atoms with Crippen molar-refractivity contribution in [3.63, 3.8) is 0 Å². The third kappa shape index (κ3) is 21.4. The van der Waals surface area contributed by atoms with E-state index in [2.05, 4.69) is 20.8 Å². The molecule has 0 amide bonds. The summed E-state index contributed by atoms with van der Waals surface area (Å²) >= 11 is 0. The van der Waals surface area contributed by atoms with E-state index in [-0.39, 0.29) is 19.3 Å². The summed E-state index contributed by atoms with van der Waals surface area (Å²) in [6.07, 6.45) is 15.3. The fourth-order valence-corrected chi connectivity index (χ4v) is 3.97. The molecule has 0 saturated heterocycles. The van der Waals surface area contributed by atoms with Crippen molar-refractivity contribution < 1.29 is 38.1 Å². The van der Waals surface area contributed by atoms with Gasteiger partial charge >= 0.3 is 23.9 Å². The second-order valence-electron chi connectivity index (χ2n) is 10.3. The predicted octanol–water partition coefficient (Wildman–Crippen LogP) is 5.94. The average molecular weight is 558 g/mol. The molecule has 0 heterocycles. The van der Waals surface area contributed by atoms with Gasteiger partial charge in [0.25, 0.3) is 0 Å². The van der Waals surface area contributed by atoms with Crippen LogP contribution in [0.25, 0.3) is 0 Å². The lowest BCUT2D eigenvalue weighted by Gasteiger charge is -2.31. The van der Waals surface area contributed by atoms with Gasteiger partial charge in [0.05, 0.1) is 6.54 Å². The Morgan fingerprint density at radius 3 is 1.08 bits per heavy atom. The molecule has 0 rings (SSSR count). The quantitative estimate of drug-likeness (QED) is 0.0779. The maximum Gasteiger partial charge on any atom is 0.320 e. The Kier molecular flexibility index (Phi) is 23.5. The summed E-state index contributed by atoms with van der Waals surface area (Å²) in [4.78, 5) is 49.4. The van der Waals surface area contributed by atoms with Crippen LogP contribution in [0.4, 0.5) is 0 Å². The summed E-state index contributed by atoms with van der Waals surface area (Å²) in [7, 11) is 0. The minimum absolute atomic E-state index is 0.222. The average Bonchev–Trinajstić information content (AvgIpc) is 2.93. The molecule has 0 unspecified atom stereocenters. The zero-order chi connectivity index (χ0) is 29.2. The minimum Gasteiger partial charge on any atom is -0.461 e. The van der Waals surface area contributed by atoms with Crippen molar-refractivity contribution in [2.24, 2.45) is 5.73 Å². The second-order valence-corrected chi connectivity index (χ2v) is 10.3. The van der Waals surface area contributed by atoms with Gasteiger partial charge in [0.15, 0.2) is 0 Å². The number of hydrogen-bond donors (Lipinski definition) is 1. The van der Waals surface area contributed by atoms with Crippen LogP contribution in [0.1, 0.15) is 136 Å². The highest BCUT2D eigenvalue weighted by Crippen LogP contribution is 2.18. The molecule has 9 heteroatoms. The maximum absolute atomic E-state index is 12.4. The van der Waals surface area contributed by atoms with Crippen LogP contribution >= 0.6 is 0 Å². The number of esters is 4. The van der Waals surface area contributed by atoms with Crippen molar-refractivity contribution in [1.82, 2.24) is 0 Å². The molecule has 0 aliphatic rings. The number of carbonyl (C=O) groups is 4. The summed E-state index contributed by atoms with van der Waals surface area (Å²) in [5.74, 6) is -2.14. The van der Waals surface area contributed by atoms with E-state index in [0.717, 1.165) is 77.0 Å². The van der Waals surface area contributed by atoms with Crippen LogP contribution in [0.2, 0.25) is 0 Å². The molecular weight excluding hydrogens is 502 g/mol. The topological polar surface area (TPSA) is 131 Å². The van der Waals surface area contributed by atoms with Crippen molar-refractivity contribution in [3.05, 3.63) is 0 Å². The van der Waals surface area contributed by atoms with Crippen molar-refractivity contribution in [2.45, 2.75) is 142 Å². The molecule has 0 aliphatic heterocycles. The number of unbranched alkanes of at least 4 members (excludes halogenated alkanes) is 12. The highest BCUT2D eigenvalue weighted by atomic mass is 16.6. The molecule has 0 atom stereocenters. The zero-order valence-electron chi connectivity index (χ0n) is 24.9. The summed E-state index contributed by atoms with van der Waals surface area (Å²) in [5.41, 5.74) is 3.80. The van der Waals surface area contributed by atoms with Crippen LogP contribution in [0.3, 0.4) is 0 Å². The Hall–Kier alpha value is -2.16. The fraction of sp³-hybridized carbons (Fsp3) is 0.867. The Morgan fingerprint density at radius 1 is 0.487 bits per heavy atom. The first-order valence-corrected chi connectivity index (χ1v) is 15.2. The summed E-state index contributed by atoms with van der Waals surface area (Å²) in [5, 5.41) is 0. The normalized spacial score (nSPS) is 11.2. The molecule has 0 aliphatic carbocycles. The van der Waals surface area contributed by atoms with E-state index in [4.69, 9.17) is 24.7 Å². The molecule has 0 radical (unpaired) electrons. The van der Waals surface area contributed by atoms with Gasteiger partial charge in [0.2, 0.25) is 5.60 Å². The van der Waals surface area contributed by atoms with E-state index in [9.17, 15) is 19.2 Å². The van der Waals surface area contributed by atoms with Gasteiger partial charge in [-0.1, -0.05) is 97.8 Å². The first kappa shape index (κ1) is 36.8. The third-order valence-corrected chi connectivity index (χ3v) is 6.44. The van der Waals surface area contributed by atoms with Crippen molar-refractivity contribution >= 4 is 23.9 Å². The SMILES string of the molecule is CCCCCCCC(=O)OCC(COC(=O)CCCCCCC)(COC(=O)CCCCCCC)OC(=O)CN. The summed E-state index contributed by atoms with van der Waals surface area (Å²) in [6.45, 7) is 4.73. The molecule has 0 saturated carbocycles. The first-order chi connectivity index (χ1) is 18.8. The lowest BCUT2D eigenvalue weighted by molar-refractivity contribution is -0.195. The number of carbonyl (C=O) groups excluding carboxylic acids is 4. The highest BCUT2D eigenvalue weighted by Gasteiger charge is 2.40. The molecule has 39 heavy (non-hydrogen) atoms. The minimum atomic E-state index is -1.66. The monoisotopic (exact) mass is 557 g/mol. The molecule has 0 aromatic heterocycles. The van der Waals surface area contributed by atoms with Gasteiger partial charge in [-0.2, -0.15) is 0 Å². The van der Waals surface area contributed by atoms with E-state index in [1.165, 1.54) is 0 Å². The Morgan fingerprint density at radius 2 is 0.795 bits per heavy atom. The molecule has 0 aromatic rings. The standard InChI is InChI=1S/C30H55NO8/c1-4-7-10-13-16-19-26(32)36-23-30(39-29(35)22-31,24-37-27(33)20-17-14-11-8-5-2)25-38-28(34)21-18-15-12-9-6-3/h4-25,31H2,1-3H3. The van der Waals surface area contributed by atoms with Crippen LogP contribution in [0.5, 0.6) is 0 Å². The second kappa shape index (κ2) is 24.9. The van der Waals surface area contributed by atoms with E-state index >= 15 is 0 Å². The smallest absolute Gasteiger partial charge is 0.320 e. The van der Waals surface area contributed by atoms with Crippen molar-refractivity contribution in [3.8, 4) is 0 Å². The predicted molar refractivity (Wildman–Crippen MR) is 151 cm³/mol. The number of nitrogens with two attached hydrogens (primary N) is 1. The molecule has 2 N–H and O–H groups in total. The van der Waals surface area contributed by atoms with Crippen LogP contribution < -0.4 is 5.73 Å². The number of rotatable bonds is 26. The molecule has 228 valence electrons. The van der Waals surface area contributed by atoms with E-state index in [1.807, 2.05) is 0 Å². The van der Waals surface area contributed by atoms with Crippen LogP contribution in [-0.4, -0.2) is 55.8 Å². The molecular formula is C30H55NO8. The van der Waals surface area contributed by atoms with Gasteiger partial charge in [-0.3, -0.25) is 19.2 Å². The Labute approximate surface area is 236 Å². The van der Waals surface area contributed by atoms with Gasteiger partial charge in [-0.15, -0.1) is 0 Å². The van der Waals surface area contributed by atoms with Gasteiger partial charge in [-0.05, 0) is 19.3 Å². The molecule has 0 fully saturated rings. The molecule has 0 bridgehead atoms.